The Labute approximate surface area is 162 Å². The number of carbonyl (C=O) groups excluding carboxylic acids is 2. The zero-order chi connectivity index (χ0) is 19.3. The molecule has 146 valence electrons. The van der Waals surface area contributed by atoms with Crippen LogP contribution in [0.4, 0.5) is 0 Å². The topological polar surface area (TPSA) is 49.4 Å². The van der Waals surface area contributed by atoms with Gasteiger partial charge in [-0.1, -0.05) is 32.0 Å². The number of carbonyl (C=O) groups is 2. The summed E-state index contributed by atoms with van der Waals surface area (Å²) in [5.74, 6) is 2.89. The first kappa shape index (κ1) is 18.5. The predicted octanol–water partition coefficient (Wildman–Crippen LogP) is 3.42. The second-order valence-electron chi connectivity index (χ2n) is 9.47. The molecular weight excluding hydrogens is 336 g/mol. The fraction of sp³-hybridized carbons (Fsp3) is 0.652. The Kier molecular flexibility index (Phi) is 4.77. The van der Waals surface area contributed by atoms with Crippen molar-refractivity contribution in [3.63, 3.8) is 0 Å². The van der Waals surface area contributed by atoms with Gasteiger partial charge in [0.25, 0.3) is 0 Å². The summed E-state index contributed by atoms with van der Waals surface area (Å²) < 4.78 is 0. The maximum atomic E-state index is 12.8. The highest BCUT2D eigenvalue weighted by molar-refractivity contribution is 5.81. The maximum absolute atomic E-state index is 12.8. The molecule has 0 aromatic heterocycles. The van der Waals surface area contributed by atoms with Gasteiger partial charge in [0.1, 0.15) is 0 Å². The lowest BCUT2D eigenvalue weighted by Crippen LogP contribution is -2.50. The van der Waals surface area contributed by atoms with E-state index in [1.807, 2.05) is 0 Å². The van der Waals surface area contributed by atoms with Gasteiger partial charge in [-0.3, -0.25) is 9.59 Å². The van der Waals surface area contributed by atoms with E-state index in [4.69, 9.17) is 0 Å². The molecule has 1 heterocycles. The SMILES string of the molecule is Cc1ccc([C@H]2[C@@H]3CN(C(=O)[C@H]4C[C@@H](NC(=O)CC(C)C)C4)C[C@@H]32)cc1C. The van der Waals surface area contributed by atoms with Crippen molar-refractivity contribution in [1.82, 2.24) is 10.2 Å². The highest BCUT2D eigenvalue weighted by atomic mass is 16.2. The molecule has 0 spiro atoms. The van der Waals surface area contributed by atoms with E-state index in [1.165, 1.54) is 16.7 Å². The summed E-state index contributed by atoms with van der Waals surface area (Å²) in [6.45, 7) is 10.3. The number of likely N-dealkylation sites (tertiary alicyclic amines) is 1. The number of nitrogens with zero attached hydrogens (tertiary/aromatic N) is 1. The van der Waals surface area contributed by atoms with Gasteiger partial charge in [0.15, 0.2) is 0 Å². The van der Waals surface area contributed by atoms with Gasteiger partial charge >= 0.3 is 0 Å². The molecule has 0 radical (unpaired) electrons. The Bertz CT molecular complexity index is 739. The number of piperidine rings is 1. The number of rotatable bonds is 5. The van der Waals surface area contributed by atoms with Crippen molar-refractivity contribution in [1.29, 1.82) is 0 Å². The molecule has 3 aliphatic rings. The third-order valence-corrected chi connectivity index (χ3v) is 6.87. The van der Waals surface area contributed by atoms with E-state index in [0.29, 0.717) is 36.0 Å². The molecule has 2 saturated carbocycles. The Morgan fingerprint density at radius 1 is 1.11 bits per heavy atom. The molecule has 1 aromatic carbocycles. The van der Waals surface area contributed by atoms with Crippen LogP contribution < -0.4 is 5.32 Å². The molecule has 1 saturated heterocycles. The van der Waals surface area contributed by atoms with Crippen LogP contribution in [0.25, 0.3) is 0 Å². The van der Waals surface area contributed by atoms with Gasteiger partial charge in [-0.15, -0.1) is 0 Å². The second-order valence-corrected chi connectivity index (χ2v) is 9.47. The van der Waals surface area contributed by atoms with Crippen LogP contribution in [-0.4, -0.2) is 35.8 Å². The molecular formula is C23H32N2O2. The molecule has 1 aliphatic heterocycles. The first-order valence-corrected chi connectivity index (χ1v) is 10.5. The highest BCUT2D eigenvalue weighted by Crippen LogP contribution is 2.58. The summed E-state index contributed by atoms with van der Waals surface area (Å²) >= 11 is 0. The number of fused-ring (bicyclic) bond motifs is 1. The number of nitrogens with one attached hydrogen (secondary N) is 1. The van der Waals surface area contributed by atoms with Crippen molar-refractivity contribution in [3.8, 4) is 0 Å². The van der Waals surface area contributed by atoms with Crippen LogP contribution in [-0.2, 0) is 9.59 Å². The van der Waals surface area contributed by atoms with Gasteiger partial charge in [-0.25, -0.2) is 0 Å². The maximum Gasteiger partial charge on any atom is 0.225 e. The molecule has 4 rings (SSSR count). The Morgan fingerprint density at radius 2 is 1.78 bits per heavy atom. The normalized spacial score (nSPS) is 31.4. The molecule has 1 N–H and O–H groups in total. The fourth-order valence-corrected chi connectivity index (χ4v) is 5.03. The van der Waals surface area contributed by atoms with Crippen molar-refractivity contribution < 1.29 is 9.59 Å². The van der Waals surface area contributed by atoms with Crippen molar-refractivity contribution in [3.05, 3.63) is 34.9 Å². The second kappa shape index (κ2) is 6.96. The van der Waals surface area contributed by atoms with Crippen LogP contribution in [0.3, 0.4) is 0 Å². The van der Waals surface area contributed by atoms with E-state index in [1.54, 1.807) is 0 Å². The molecule has 3 atom stereocenters. The molecule has 2 aliphatic carbocycles. The average molecular weight is 369 g/mol. The minimum atomic E-state index is 0.118. The molecule has 3 fully saturated rings. The van der Waals surface area contributed by atoms with Crippen molar-refractivity contribution >= 4 is 11.8 Å². The minimum absolute atomic E-state index is 0.118. The number of benzene rings is 1. The van der Waals surface area contributed by atoms with Crippen LogP contribution in [0.1, 0.15) is 55.7 Å². The summed E-state index contributed by atoms with van der Waals surface area (Å²) in [6, 6.07) is 7.03. The predicted molar refractivity (Wildman–Crippen MR) is 106 cm³/mol. The quantitative estimate of drug-likeness (QED) is 0.866. The molecule has 0 unspecified atom stereocenters. The average Bonchev–Trinajstić information content (AvgIpc) is 3.05. The monoisotopic (exact) mass is 368 g/mol. The number of amides is 2. The molecule has 2 amide bonds. The van der Waals surface area contributed by atoms with Crippen LogP contribution in [0.15, 0.2) is 18.2 Å². The lowest BCUT2D eigenvalue weighted by molar-refractivity contribution is -0.139. The van der Waals surface area contributed by atoms with E-state index in [9.17, 15) is 9.59 Å². The summed E-state index contributed by atoms with van der Waals surface area (Å²) in [5, 5.41) is 3.07. The van der Waals surface area contributed by atoms with Crippen molar-refractivity contribution in [2.45, 2.75) is 58.9 Å². The lowest BCUT2D eigenvalue weighted by Gasteiger charge is -2.37. The van der Waals surface area contributed by atoms with Gasteiger partial charge in [0, 0.05) is 31.5 Å². The Hall–Kier alpha value is -1.84. The first-order chi connectivity index (χ1) is 12.8. The molecule has 1 aromatic rings. The molecule has 0 bridgehead atoms. The first-order valence-electron chi connectivity index (χ1n) is 10.5. The van der Waals surface area contributed by atoms with E-state index in [2.05, 4.69) is 56.1 Å². The van der Waals surface area contributed by atoms with Crippen LogP contribution in [0, 0.1) is 37.5 Å². The van der Waals surface area contributed by atoms with E-state index >= 15 is 0 Å². The zero-order valence-corrected chi connectivity index (χ0v) is 17.0. The molecule has 27 heavy (non-hydrogen) atoms. The van der Waals surface area contributed by atoms with Gasteiger partial charge in [0.05, 0.1) is 0 Å². The smallest absolute Gasteiger partial charge is 0.225 e. The summed E-state index contributed by atoms with van der Waals surface area (Å²) in [6.07, 6.45) is 2.20. The number of hydrogen-bond donors (Lipinski definition) is 1. The molecule has 4 nitrogen and oxygen atoms in total. The summed E-state index contributed by atoms with van der Waals surface area (Å²) in [4.78, 5) is 26.7. The lowest BCUT2D eigenvalue weighted by atomic mass is 9.79. The van der Waals surface area contributed by atoms with Gasteiger partial charge in [0.2, 0.25) is 11.8 Å². The fourth-order valence-electron chi connectivity index (χ4n) is 5.03. The van der Waals surface area contributed by atoms with Gasteiger partial charge < -0.3 is 10.2 Å². The van der Waals surface area contributed by atoms with Crippen LogP contribution in [0.2, 0.25) is 0 Å². The van der Waals surface area contributed by atoms with E-state index in [-0.39, 0.29) is 17.9 Å². The van der Waals surface area contributed by atoms with Crippen molar-refractivity contribution in [2.24, 2.45) is 23.7 Å². The minimum Gasteiger partial charge on any atom is -0.353 e. The van der Waals surface area contributed by atoms with Crippen molar-refractivity contribution in [2.75, 3.05) is 13.1 Å². The third-order valence-electron chi connectivity index (χ3n) is 6.87. The Balaban J connectivity index is 1.23. The van der Waals surface area contributed by atoms with Gasteiger partial charge in [-0.05, 0) is 67.1 Å². The number of aryl methyl sites for hydroxylation is 2. The summed E-state index contributed by atoms with van der Waals surface area (Å²) in [5.41, 5.74) is 4.17. The van der Waals surface area contributed by atoms with E-state index < -0.39 is 0 Å². The largest absolute Gasteiger partial charge is 0.353 e. The zero-order valence-electron chi connectivity index (χ0n) is 17.0. The summed E-state index contributed by atoms with van der Waals surface area (Å²) in [7, 11) is 0. The standard InChI is InChI=1S/C23H32N2O2/c1-13(2)7-21(26)24-18-9-17(10-18)23(27)25-11-19-20(12-25)22(19)16-6-5-14(3)15(4)8-16/h5-6,8,13,17-20,22H,7,9-12H2,1-4H3,(H,24,26)/t17-,18+,19-,20+,22+. The third kappa shape index (κ3) is 3.63. The van der Waals surface area contributed by atoms with Crippen LogP contribution >= 0.6 is 0 Å². The van der Waals surface area contributed by atoms with Crippen LogP contribution in [0.5, 0.6) is 0 Å². The highest BCUT2D eigenvalue weighted by Gasteiger charge is 2.57. The van der Waals surface area contributed by atoms with E-state index in [0.717, 1.165) is 25.9 Å². The van der Waals surface area contributed by atoms with Gasteiger partial charge in [-0.2, -0.15) is 0 Å². The Morgan fingerprint density at radius 3 is 2.37 bits per heavy atom. The molecule has 4 heteroatoms. The number of hydrogen-bond acceptors (Lipinski definition) is 2.